The number of methoxy groups -OCH3 is 1. The van der Waals surface area contributed by atoms with Crippen LogP contribution in [0.5, 0.6) is 5.75 Å². The molecule has 0 aliphatic rings. The first-order chi connectivity index (χ1) is 12.6. The van der Waals surface area contributed by atoms with Gasteiger partial charge in [-0.25, -0.2) is 0 Å². The summed E-state index contributed by atoms with van der Waals surface area (Å²) in [6.45, 7) is 7.19. The number of allylic oxidation sites excluding steroid dienone is 1. The van der Waals surface area contributed by atoms with Crippen LogP contribution in [-0.4, -0.2) is 26.0 Å². The molecule has 4 nitrogen and oxygen atoms in total. The van der Waals surface area contributed by atoms with Crippen molar-refractivity contribution >= 4 is 11.9 Å². The zero-order valence-corrected chi connectivity index (χ0v) is 15.6. The molecule has 0 radical (unpaired) electrons. The van der Waals surface area contributed by atoms with Crippen LogP contribution >= 0.6 is 0 Å². The van der Waals surface area contributed by atoms with E-state index in [2.05, 4.69) is 19.9 Å². The third kappa shape index (κ3) is 5.05. The summed E-state index contributed by atoms with van der Waals surface area (Å²) in [4.78, 5) is 14.0. The lowest BCUT2D eigenvalue weighted by atomic mass is 10.0. The van der Waals surface area contributed by atoms with Crippen LogP contribution in [0.15, 0.2) is 48.5 Å². The van der Waals surface area contributed by atoms with Crippen LogP contribution in [0.2, 0.25) is 0 Å². The average molecular weight is 349 g/mol. The largest absolute Gasteiger partial charge is 0.496 e. The predicted molar refractivity (Wildman–Crippen MR) is 103 cm³/mol. The summed E-state index contributed by atoms with van der Waals surface area (Å²) in [6.07, 6.45) is 3.33. The topological polar surface area (TPSA) is 54.5 Å². The monoisotopic (exact) mass is 349 g/mol. The van der Waals surface area contributed by atoms with Crippen molar-refractivity contribution in [1.29, 1.82) is 5.26 Å². The molecule has 0 aliphatic carbocycles. The van der Waals surface area contributed by atoms with Gasteiger partial charge in [0.25, 0.3) is 0 Å². The molecule has 0 unspecified atom stereocenters. The Balaban J connectivity index is 2.19. The van der Waals surface area contributed by atoms with Crippen molar-refractivity contribution in [2.45, 2.75) is 20.4 Å². The number of carbonyl (C=O) groups is 1. The molecule has 0 saturated carbocycles. The van der Waals surface area contributed by atoms with Crippen molar-refractivity contribution in [2.24, 2.45) is 0 Å². The first kappa shape index (κ1) is 19.4. The summed E-state index contributed by atoms with van der Waals surface area (Å²) in [7, 11) is 1.66. The molecule has 0 atom stereocenters. The van der Waals surface area contributed by atoms with Crippen molar-refractivity contribution in [3.63, 3.8) is 0 Å². The number of ketones is 1. The van der Waals surface area contributed by atoms with Gasteiger partial charge in [0.15, 0.2) is 5.78 Å². The summed E-state index contributed by atoms with van der Waals surface area (Å²) in [6, 6.07) is 14.8. The zero-order valence-electron chi connectivity index (χ0n) is 15.6. The fourth-order valence-corrected chi connectivity index (χ4v) is 2.78. The van der Waals surface area contributed by atoms with Crippen molar-refractivity contribution < 1.29 is 14.4 Å². The number of nitriles is 1. The van der Waals surface area contributed by atoms with Gasteiger partial charge in [-0.3, -0.25) is 4.79 Å². The molecule has 0 spiro atoms. The Hall–Kier alpha value is -2.90. The summed E-state index contributed by atoms with van der Waals surface area (Å²) in [5.41, 5.74) is 3.19. The van der Waals surface area contributed by atoms with Crippen LogP contribution in [0.4, 0.5) is 0 Å². The highest BCUT2D eigenvalue weighted by Gasteiger charge is 2.13. The van der Waals surface area contributed by atoms with Crippen molar-refractivity contribution in [3.8, 4) is 11.8 Å². The molecule has 0 aliphatic heterocycles. The van der Waals surface area contributed by atoms with E-state index >= 15 is 0 Å². The molecule has 0 bridgehead atoms. The van der Waals surface area contributed by atoms with Gasteiger partial charge in [-0.2, -0.15) is 5.26 Å². The van der Waals surface area contributed by atoms with E-state index in [1.807, 2.05) is 24.3 Å². The van der Waals surface area contributed by atoms with Crippen LogP contribution in [0, 0.1) is 11.3 Å². The maximum atomic E-state index is 12.5. The molecular formula is C22H25N2O2+. The van der Waals surface area contributed by atoms with E-state index in [9.17, 15) is 4.79 Å². The van der Waals surface area contributed by atoms with Crippen LogP contribution in [0.25, 0.3) is 6.08 Å². The Bertz CT molecular complexity index is 813. The van der Waals surface area contributed by atoms with E-state index in [0.717, 1.165) is 36.5 Å². The number of quaternary nitrogens is 1. The first-order valence-electron chi connectivity index (χ1n) is 8.84. The number of hydrogen-bond donors (Lipinski definition) is 1. The summed E-state index contributed by atoms with van der Waals surface area (Å²) < 4.78 is 5.45. The predicted octanol–water partition coefficient (Wildman–Crippen LogP) is 2.89. The van der Waals surface area contributed by atoms with Gasteiger partial charge in [-0.1, -0.05) is 18.2 Å². The van der Waals surface area contributed by atoms with E-state index in [4.69, 9.17) is 10.00 Å². The van der Waals surface area contributed by atoms with Gasteiger partial charge in [-0.05, 0) is 55.8 Å². The molecule has 0 fully saturated rings. The number of benzene rings is 2. The molecule has 0 amide bonds. The molecule has 0 aromatic heterocycles. The number of rotatable bonds is 8. The van der Waals surface area contributed by atoms with Gasteiger partial charge >= 0.3 is 0 Å². The van der Waals surface area contributed by atoms with Crippen LogP contribution in [0.1, 0.15) is 40.9 Å². The standard InChI is InChI=1S/C22H24N2O2/c1-4-24(5-2)16-20-14-19(11-13-22(20)26-3)21(25)12-10-17-6-8-18(15-23)9-7-17/h6-14H,4-5,16H2,1-3H3/p+1/b12-10+. The van der Waals surface area contributed by atoms with Gasteiger partial charge in [-0.15, -0.1) is 0 Å². The van der Waals surface area contributed by atoms with E-state index in [1.165, 1.54) is 4.90 Å². The number of nitrogens with one attached hydrogen (secondary N) is 1. The number of ether oxygens (including phenoxy) is 1. The van der Waals surface area contributed by atoms with Crippen LogP contribution in [0.3, 0.4) is 0 Å². The smallest absolute Gasteiger partial charge is 0.185 e. The quantitative estimate of drug-likeness (QED) is 0.589. The second kappa shape index (κ2) is 9.55. The SMILES string of the molecule is CC[NH+](CC)Cc1cc(C(=O)/C=C/c2ccc(C#N)cc2)ccc1OC. The minimum Gasteiger partial charge on any atom is -0.496 e. The molecular weight excluding hydrogens is 324 g/mol. The highest BCUT2D eigenvalue weighted by molar-refractivity contribution is 6.07. The Morgan fingerprint density at radius 3 is 2.42 bits per heavy atom. The number of hydrogen-bond acceptors (Lipinski definition) is 3. The molecule has 2 rings (SSSR count). The van der Waals surface area contributed by atoms with Gasteiger partial charge in [0.05, 0.1) is 31.8 Å². The van der Waals surface area contributed by atoms with Gasteiger partial charge in [0, 0.05) is 11.1 Å². The number of nitrogens with zero attached hydrogens (tertiary/aromatic N) is 1. The molecule has 0 heterocycles. The average Bonchev–Trinajstić information content (AvgIpc) is 2.70. The van der Waals surface area contributed by atoms with Crippen molar-refractivity contribution in [1.82, 2.24) is 0 Å². The van der Waals surface area contributed by atoms with Crippen LogP contribution in [-0.2, 0) is 6.54 Å². The Morgan fingerprint density at radius 2 is 1.85 bits per heavy atom. The lowest BCUT2D eigenvalue weighted by molar-refractivity contribution is -0.910. The van der Waals surface area contributed by atoms with Gasteiger partial charge < -0.3 is 9.64 Å². The first-order valence-corrected chi connectivity index (χ1v) is 8.84. The molecule has 1 N–H and O–H groups in total. The highest BCUT2D eigenvalue weighted by Crippen LogP contribution is 2.20. The third-order valence-corrected chi connectivity index (χ3v) is 4.47. The molecule has 4 heteroatoms. The summed E-state index contributed by atoms with van der Waals surface area (Å²) in [5, 5.41) is 8.83. The highest BCUT2D eigenvalue weighted by atomic mass is 16.5. The Kier molecular flexibility index (Phi) is 7.13. The van der Waals surface area contributed by atoms with E-state index in [0.29, 0.717) is 11.1 Å². The molecule has 2 aromatic rings. The van der Waals surface area contributed by atoms with Crippen LogP contribution < -0.4 is 9.64 Å². The second-order valence-electron chi connectivity index (χ2n) is 6.09. The lowest BCUT2D eigenvalue weighted by Crippen LogP contribution is -3.10. The zero-order chi connectivity index (χ0) is 18.9. The van der Waals surface area contributed by atoms with Gasteiger partial charge in [0.2, 0.25) is 0 Å². The van der Waals surface area contributed by atoms with Crippen molar-refractivity contribution in [2.75, 3.05) is 20.2 Å². The number of carbonyl (C=O) groups excluding carboxylic acids is 1. The van der Waals surface area contributed by atoms with Crippen molar-refractivity contribution in [3.05, 3.63) is 70.8 Å². The minimum atomic E-state index is -0.0483. The normalized spacial score (nSPS) is 10.9. The molecule has 134 valence electrons. The van der Waals surface area contributed by atoms with E-state index in [1.54, 1.807) is 37.5 Å². The molecule has 26 heavy (non-hydrogen) atoms. The molecule has 0 saturated heterocycles. The maximum absolute atomic E-state index is 12.5. The Labute approximate surface area is 155 Å². The third-order valence-electron chi connectivity index (χ3n) is 4.47. The van der Waals surface area contributed by atoms with Gasteiger partial charge in [0.1, 0.15) is 12.3 Å². The molecule has 2 aromatic carbocycles. The second-order valence-corrected chi connectivity index (χ2v) is 6.09. The van der Waals surface area contributed by atoms with E-state index in [-0.39, 0.29) is 5.78 Å². The fourth-order valence-electron chi connectivity index (χ4n) is 2.78. The maximum Gasteiger partial charge on any atom is 0.185 e. The summed E-state index contributed by atoms with van der Waals surface area (Å²) >= 11 is 0. The fraction of sp³-hybridized carbons (Fsp3) is 0.273. The van der Waals surface area contributed by atoms with E-state index < -0.39 is 0 Å². The minimum absolute atomic E-state index is 0.0483. The Morgan fingerprint density at radius 1 is 1.15 bits per heavy atom. The summed E-state index contributed by atoms with van der Waals surface area (Å²) in [5.74, 6) is 0.768. The lowest BCUT2D eigenvalue weighted by Gasteiger charge is -2.17.